The van der Waals surface area contributed by atoms with Gasteiger partial charge in [-0.3, -0.25) is 0 Å². The molecule has 19 heavy (non-hydrogen) atoms. The lowest BCUT2D eigenvalue weighted by Crippen LogP contribution is -2.38. The first-order valence-electron chi connectivity index (χ1n) is 8.08. The average molecular weight is 269 g/mol. The van der Waals surface area contributed by atoms with Crippen molar-refractivity contribution in [2.45, 2.75) is 39.5 Å². The van der Waals surface area contributed by atoms with Crippen molar-refractivity contribution in [3.63, 3.8) is 0 Å². The van der Waals surface area contributed by atoms with Gasteiger partial charge in [-0.2, -0.15) is 0 Å². The fourth-order valence-corrected chi connectivity index (χ4v) is 3.13. The summed E-state index contributed by atoms with van der Waals surface area (Å²) in [6.07, 6.45) is 5.48. The topological polar surface area (TPSA) is 32.5 Å². The lowest BCUT2D eigenvalue weighted by Gasteiger charge is -2.33. The molecule has 0 amide bonds. The van der Waals surface area contributed by atoms with Gasteiger partial charge >= 0.3 is 0 Å². The van der Waals surface area contributed by atoms with Crippen molar-refractivity contribution in [3.05, 3.63) is 0 Å². The van der Waals surface area contributed by atoms with Crippen LogP contribution in [-0.2, 0) is 0 Å². The van der Waals surface area contributed by atoms with Crippen molar-refractivity contribution in [1.29, 1.82) is 0 Å². The Kier molecular flexibility index (Phi) is 7.96. The number of nitrogens with two attached hydrogens (primary N) is 1. The molecule has 0 spiro atoms. The fraction of sp³-hybridized carbons (Fsp3) is 1.00. The van der Waals surface area contributed by atoms with Crippen LogP contribution in [0, 0.1) is 17.8 Å². The van der Waals surface area contributed by atoms with Crippen LogP contribution in [-0.4, -0.2) is 56.6 Å². The van der Waals surface area contributed by atoms with Gasteiger partial charge in [0.2, 0.25) is 0 Å². The van der Waals surface area contributed by atoms with Gasteiger partial charge < -0.3 is 15.5 Å². The highest BCUT2D eigenvalue weighted by Crippen LogP contribution is 2.28. The second kappa shape index (κ2) is 8.93. The average Bonchev–Trinajstić information content (AvgIpc) is 2.36. The predicted molar refractivity (Wildman–Crippen MR) is 84.3 cm³/mol. The highest BCUT2D eigenvalue weighted by atomic mass is 15.2. The molecule has 0 aromatic heterocycles. The maximum Gasteiger partial charge on any atom is 0.0109 e. The SMILES string of the molecule is CC(C)CN(CCN(C)C)CC1CCC(CN)CC1. The van der Waals surface area contributed by atoms with Crippen LogP contribution in [0.5, 0.6) is 0 Å². The Morgan fingerprint density at radius 1 is 1.00 bits per heavy atom. The third-order valence-electron chi connectivity index (χ3n) is 4.30. The summed E-state index contributed by atoms with van der Waals surface area (Å²) in [4.78, 5) is 4.97. The molecular weight excluding hydrogens is 234 g/mol. The highest BCUT2D eigenvalue weighted by molar-refractivity contribution is 4.76. The van der Waals surface area contributed by atoms with E-state index in [9.17, 15) is 0 Å². The molecule has 3 nitrogen and oxygen atoms in total. The Bertz CT molecular complexity index is 220. The van der Waals surface area contributed by atoms with Crippen LogP contribution in [0.2, 0.25) is 0 Å². The summed E-state index contributed by atoms with van der Waals surface area (Å²) in [6.45, 7) is 10.5. The van der Waals surface area contributed by atoms with Crippen LogP contribution in [0.25, 0.3) is 0 Å². The second-order valence-electron chi connectivity index (χ2n) is 7.08. The normalized spacial score (nSPS) is 24.6. The summed E-state index contributed by atoms with van der Waals surface area (Å²) < 4.78 is 0. The number of hydrogen-bond acceptors (Lipinski definition) is 3. The van der Waals surface area contributed by atoms with Crippen molar-refractivity contribution in [1.82, 2.24) is 9.80 Å². The Morgan fingerprint density at radius 2 is 1.58 bits per heavy atom. The number of nitrogens with zero attached hydrogens (tertiary/aromatic N) is 2. The van der Waals surface area contributed by atoms with E-state index >= 15 is 0 Å². The van der Waals surface area contributed by atoms with Gasteiger partial charge in [0, 0.05) is 26.2 Å². The van der Waals surface area contributed by atoms with Gasteiger partial charge in [-0.25, -0.2) is 0 Å². The Hall–Kier alpha value is -0.120. The maximum atomic E-state index is 5.78. The highest BCUT2D eigenvalue weighted by Gasteiger charge is 2.22. The molecule has 0 aromatic rings. The molecular formula is C16H35N3. The molecule has 1 aliphatic rings. The molecule has 1 saturated carbocycles. The Morgan fingerprint density at radius 3 is 2.05 bits per heavy atom. The van der Waals surface area contributed by atoms with Crippen molar-refractivity contribution in [3.8, 4) is 0 Å². The van der Waals surface area contributed by atoms with Crippen molar-refractivity contribution >= 4 is 0 Å². The minimum absolute atomic E-state index is 0.766. The molecule has 1 fully saturated rings. The minimum atomic E-state index is 0.766. The smallest absolute Gasteiger partial charge is 0.0109 e. The second-order valence-corrected chi connectivity index (χ2v) is 7.08. The quantitative estimate of drug-likeness (QED) is 0.734. The number of hydrogen-bond donors (Lipinski definition) is 1. The third kappa shape index (κ3) is 7.28. The van der Waals surface area contributed by atoms with Crippen LogP contribution in [0.3, 0.4) is 0 Å². The zero-order valence-electron chi connectivity index (χ0n) is 13.6. The number of rotatable bonds is 8. The number of likely N-dealkylation sites (N-methyl/N-ethyl adjacent to an activating group) is 1. The maximum absolute atomic E-state index is 5.78. The van der Waals surface area contributed by atoms with Gasteiger partial charge in [-0.05, 0) is 64.1 Å². The predicted octanol–water partition coefficient (Wildman–Crippen LogP) is 2.27. The first kappa shape index (κ1) is 16.9. The van der Waals surface area contributed by atoms with E-state index in [4.69, 9.17) is 5.73 Å². The van der Waals surface area contributed by atoms with Crippen LogP contribution < -0.4 is 5.73 Å². The van der Waals surface area contributed by atoms with Crippen LogP contribution >= 0.6 is 0 Å². The summed E-state index contributed by atoms with van der Waals surface area (Å²) in [5.41, 5.74) is 5.78. The summed E-state index contributed by atoms with van der Waals surface area (Å²) in [5.74, 6) is 2.47. The van der Waals surface area contributed by atoms with E-state index in [0.717, 1.165) is 24.3 Å². The van der Waals surface area contributed by atoms with E-state index in [0.29, 0.717) is 0 Å². The summed E-state index contributed by atoms with van der Waals surface area (Å²) in [6, 6.07) is 0. The molecule has 0 heterocycles. The molecule has 114 valence electrons. The molecule has 0 radical (unpaired) electrons. The van der Waals surface area contributed by atoms with Crippen molar-refractivity contribution in [2.24, 2.45) is 23.5 Å². The van der Waals surface area contributed by atoms with E-state index in [1.54, 1.807) is 0 Å². The lowest BCUT2D eigenvalue weighted by molar-refractivity contribution is 0.158. The van der Waals surface area contributed by atoms with Crippen molar-refractivity contribution in [2.75, 3.05) is 46.8 Å². The van der Waals surface area contributed by atoms with Gasteiger partial charge in [0.1, 0.15) is 0 Å². The molecule has 0 aliphatic heterocycles. The lowest BCUT2D eigenvalue weighted by atomic mass is 9.82. The zero-order valence-corrected chi connectivity index (χ0v) is 13.6. The fourth-order valence-electron chi connectivity index (χ4n) is 3.13. The molecule has 2 N–H and O–H groups in total. The largest absolute Gasteiger partial charge is 0.330 e. The monoisotopic (exact) mass is 269 g/mol. The van der Waals surface area contributed by atoms with E-state index in [-0.39, 0.29) is 0 Å². The van der Waals surface area contributed by atoms with E-state index in [1.165, 1.54) is 51.9 Å². The Balaban J connectivity index is 2.34. The van der Waals surface area contributed by atoms with Gasteiger partial charge in [-0.1, -0.05) is 13.8 Å². The molecule has 0 saturated heterocycles. The minimum Gasteiger partial charge on any atom is -0.330 e. The first-order valence-corrected chi connectivity index (χ1v) is 8.08. The Labute approximate surface area is 120 Å². The zero-order chi connectivity index (χ0) is 14.3. The van der Waals surface area contributed by atoms with Crippen molar-refractivity contribution < 1.29 is 0 Å². The molecule has 0 atom stereocenters. The van der Waals surface area contributed by atoms with Gasteiger partial charge in [0.25, 0.3) is 0 Å². The first-order chi connectivity index (χ1) is 9.01. The molecule has 1 aliphatic carbocycles. The van der Waals surface area contributed by atoms with Gasteiger partial charge in [-0.15, -0.1) is 0 Å². The summed E-state index contributed by atoms with van der Waals surface area (Å²) in [7, 11) is 4.33. The molecule has 0 aromatic carbocycles. The molecule has 0 unspecified atom stereocenters. The standard InChI is InChI=1S/C16H35N3/c1-14(2)12-19(10-9-18(3)4)13-16-7-5-15(11-17)6-8-16/h14-16H,5-13,17H2,1-4H3. The molecule has 0 bridgehead atoms. The van der Waals surface area contributed by atoms with E-state index in [2.05, 4.69) is 37.7 Å². The van der Waals surface area contributed by atoms with Gasteiger partial charge in [0.05, 0.1) is 0 Å². The summed E-state index contributed by atoms with van der Waals surface area (Å²) >= 11 is 0. The van der Waals surface area contributed by atoms with Crippen LogP contribution in [0.1, 0.15) is 39.5 Å². The third-order valence-corrected chi connectivity index (χ3v) is 4.30. The summed E-state index contributed by atoms with van der Waals surface area (Å²) in [5, 5.41) is 0. The molecule has 3 heteroatoms. The molecule has 1 rings (SSSR count). The van der Waals surface area contributed by atoms with Crippen LogP contribution in [0.15, 0.2) is 0 Å². The van der Waals surface area contributed by atoms with E-state index < -0.39 is 0 Å². The van der Waals surface area contributed by atoms with E-state index in [1.807, 2.05) is 0 Å². The van der Waals surface area contributed by atoms with Gasteiger partial charge in [0.15, 0.2) is 0 Å². The van der Waals surface area contributed by atoms with Crippen LogP contribution in [0.4, 0.5) is 0 Å².